The van der Waals surface area contributed by atoms with E-state index in [1.165, 1.54) is 11.1 Å². The largest absolute Gasteiger partial charge is 0.481 e. The first-order chi connectivity index (χ1) is 19.2. The summed E-state index contributed by atoms with van der Waals surface area (Å²) in [4.78, 5) is 38.9. The van der Waals surface area contributed by atoms with Gasteiger partial charge in [0.25, 0.3) is 0 Å². The molecule has 0 aliphatic carbocycles. The summed E-state index contributed by atoms with van der Waals surface area (Å²) in [6.07, 6.45) is 7.35. The van der Waals surface area contributed by atoms with Gasteiger partial charge in [0.05, 0.1) is 11.4 Å². The molecule has 0 radical (unpaired) electrons. The number of carbonyl (C=O) groups is 2. The summed E-state index contributed by atoms with van der Waals surface area (Å²) < 4.78 is 0. The summed E-state index contributed by atoms with van der Waals surface area (Å²) >= 11 is 0. The Hall–Kier alpha value is -3.55. The van der Waals surface area contributed by atoms with Crippen molar-refractivity contribution in [2.45, 2.75) is 92.2 Å². The van der Waals surface area contributed by atoms with E-state index < -0.39 is 23.0 Å². The molecule has 41 heavy (non-hydrogen) atoms. The van der Waals surface area contributed by atoms with Crippen molar-refractivity contribution in [3.05, 3.63) is 57.6 Å². The molecule has 0 amide bonds. The van der Waals surface area contributed by atoms with Crippen molar-refractivity contribution in [1.82, 2.24) is 5.32 Å². The van der Waals surface area contributed by atoms with Crippen molar-refractivity contribution in [2.75, 3.05) is 0 Å². The van der Waals surface area contributed by atoms with Crippen LogP contribution in [0, 0.1) is 23.7 Å². The molecule has 0 aromatic rings. The van der Waals surface area contributed by atoms with Gasteiger partial charge in [-0.3, -0.25) is 24.6 Å². The summed E-state index contributed by atoms with van der Waals surface area (Å²) in [6.45, 7) is 17.1. The lowest BCUT2D eigenvalue weighted by molar-refractivity contribution is -0.138. The minimum atomic E-state index is -0.825. The van der Waals surface area contributed by atoms with Gasteiger partial charge in [-0.2, -0.15) is 0 Å². The van der Waals surface area contributed by atoms with E-state index in [4.69, 9.17) is 15.0 Å². The Morgan fingerprint density at radius 2 is 1.29 bits per heavy atom. The molecule has 0 aromatic carbocycles. The molecule has 1 fully saturated rings. The highest BCUT2D eigenvalue weighted by Gasteiger charge is 2.53. The molecule has 5 heterocycles. The second kappa shape index (κ2) is 10.1. The molecule has 1 saturated heterocycles. The molecule has 8 heteroatoms. The van der Waals surface area contributed by atoms with E-state index in [0.29, 0.717) is 12.8 Å². The van der Waals surface area contributed by atoms with E-state index >= 15 is 0 Å². The van der Waals surface area contributed by atoms with Gasteiger partial charge in [-0.05, 0) is 94.9 Å². The molecule has 5 aliphatic rings. The Kier molecular flexibility index (Phi) is 7.11. The third-order valence-electron chi connectivity index (χ3n) is 10.7. The number of carboxylic acids is 2. The number of carboxylic acid groups (broad SMARTS) is 2. The lowest BCUT2D eigenvalue weighted by Crippen LogP contribution is -2.47. The van der Waals surface area contributed by atoms with E-state index in [2.05, 4.69) is 78.9 Å². The Morgan fingerprint density at radius 3 is 1.83 bits per heavy atom. The second-order valence-electron chi connectivity index (χ2n) is 12.7. The normalized spacial score (nSPS) is 36.8. The van der Waals surface area contributed by atoms with Crippen LogP contribution in [0.2, 0.25) is 0 Å². The summed E-state index contributed by atoms with van der Waals surface area (Å²) in [6, 6.07) is 0. The van der Waals surface area contributed by atoms with Crippen LogP contribution in [0.1, 0.15) is 81.1 Å². The van der Waals surface area contributed by atoms with Crippen LogP contribution in [0.5, 0.6) is 0 Å². The Bertz CT molecular complexity index is 1490. The summed E-state index contributed by atoms with van der Waals surface area (Å²) in [5.74, 6) is -1.67. The van der Waals surface area contributed by atoms with Crippen molar-refractivity contribution in [2.24, 2.45) is 38.6 Å². The number of aliphatic imine (C=N–C) groups is 3. The van der Waals surface area contributed by atoms with Gasteiger partial charge in [0, 0.05) is 59.3 Å². The minimum Gasteiger partial charge on any atom is -0.481 e. The molecule has 0 aromatic heterocycles. The molecule has 0 saturated carbocycles. The molecule has 6 atom stereocenters. The van der Waals surface area contributed by atoms with E-state index in [0.717, 1.165) is 45.4 Å². The lowest BCUT2D eigenvalue weighted by Gasteiger charge is -2.39. The summed E-state index contributed by atoms with van der Waals surface area (Å²) in [7, 11) is 0. The molecule has 8 bridgehead atoms. The van der Waals surface area contributed by atoms with Gasteiger partial charge in [-0.1, -0.05) is 13.8 Å². The minimum absolute atomic E-state index is 0.0126. The van der Waals surface area contributed by atoms with Crippen molar-refractivity contribution < 1.29 is 19.8 Å². The van der Waals surface area contributed by atoms with Gasteiger partial charge < -0.3 is 15.5 Å². The molecule has 0 spiro atoms. The monoisotopic (exact) mass is 558 g/mol. The fraction of sp³-hybridized carbons (Fsp3) is 0.545. The number of rotatable bonds is 6. The average Bonchev–Trinajstić information content (AvgIpc) is 3.51. The lowest BCUT2D eigenvalue weighted by atomic mass is 9.71. The van der Waals surface area contributed by atoms with Gasteiger partial charge in [-0.25, -0.2) is 0 Å². The molecular weight excluding hydrogens is 516 g/mol. The number of fused-ring (bicyclic) bond motifs is 6. The second-order valence-corrected chi connectivity index (χ2v) is 12.7. The van der Waals surface area contributed by atoms with Crippen LogP contribution in [-0.4, -0.2) is 50.4 Å². The van der Waals surface area contributed by atoms with Crippen LogP contribution in [0.4, 0.5) is 0 Å². The molecule has 6 unspecified atom stereocenters. The third-order valence-corrected chi connectivity index (χ3v) is 10.7. The van der Waals surface area contributed by atoms with Crippen molar-refractivity contribution in [3.8, 4) is 0 Å². The van der Waals surface area contributed by atoms with Crippen LogP contribution < -0.4 is 5.32 Å². The Labute approximate surface area is 242 Å². The van der Waals surface area contributed by atoms with Gasteiger partial charge in [0.1, 0.15) is 11.1 Å². The number of allylic oxidation sites excluding steroid dienone is 8. The number of nitrogens with zero attached hydrogens (tertiary/aromatic N) is 3. The van der Waals surface area contributed by atoms with E-state index in [9.17, 15) is 19.8 Å². The van der Waals surface area contributed by atoms with Gasteiger partial charge in [0.15, 0.2) is 0 Å². The maximum absolute atomic E-state index is 11.6. The van der Waals surface area contributed by atoms with Crippen molar-refractivity contribution >= 4 is 29.1 Å². The highest BCUT2D eigenvalue weighted by molar-refractivity contribution is 6.14. The van der Waals surface area contributed by atoms with E-state index in [-0.39, 0.29) is 36.5 Å². The van der Waals surface area contributed by atoms with Crippen LogP contribution in [-0.2, 0) is 9.59 Å². The third kappa shape index (κ3) is 4.56. The maximum Gasteiger partial charge on any atom is 0.303 e. The zero-order chi connectivity index (χ0) is 30.0. The maximum atomic E-state index is 11.6. The highest BCUT2D eigenvalue weighted by atomic mass is 16.4. The standard InChI is InChI=1S/C33H42N4O4/c1-16-20(5)32(7)33(8)21(6)17(2)27(37-33)14-25-19(4)23(10-12-31(40)41)29(35-25)15-28-22(9-11-30(38)39)18(3)24(34-28)13-26(16)36-32/h13-15,18-19,22-23,34H,9-12H2,1-8H3,(H,38,39)(H,40,41)/b24-13-,25-14?,28-15-. The smallest absolute Gasteiger partial charge is 0.303 e. The van der Waals surface area contributed by atoms with Crippen LogP contribution >= 0.6 is 0 Å². The first-order valence-electron chi connectivity index (χ1n) is 14.7. The highest BCUT2D eigenvalue weighted by Crippen LogP contribution is 2.50. The average molecular weight is 559 g/mol. The predicted octanol–water partition coefficient (Wildman–Crippen LogP) is 6.04. The van der Waals surface area contributed by atoms with Gasteiger partial charge >= 0.3 is 11.9 Å². The van der Waals surface area contributed by atoms with Crippen molar-refractivity contribution in [3.63, 3.8) is 0 Å². The fourth-order valence-electron chi connectivity index (χ4n) is 7.24. The van der Waals surface area contributed by atoms with Crippen LogP contribution in [0.15, 0.2) is 72.6 Å². The number of nitrogens with one attached hydrogen (secondary N) is 1. The molecule has 3 N–H and O–H groups in total. The first kappa shape index (κ1) is 29.0. The summed E-state index contributed by atoms with van der Waals surface area (Å²) in [5.41, 5.74) is 8.99. The fourth-order valence-corrected chi connectivity index (χ4v) is 7.24. The predicted molar refractivity (Wildman–Crippen MR) is 162 cm³/mol. The Balaban J connectivity index is 1.74. The van der Waals surface area contributed by atoms with Crippen LogP contribution in [0.3, 0.4) is 0 Å². The quantitative estimate of drug-likeness (QED) is 0.367. The zero-order valence-corrected chi connectivity index (χ0v) is 25.4. The topological polar surface area (TPSA) is 124 Å². The number of aliphatic carboxylic acids is 2. The van der Waals surface area contributed by atoms with E-state index in [1.807, 2.05) is 0 Å². The van der Waals surface area contributed by atoms with Gasteiger partial charge in [0.2, 0.25) is 0 Å². The Morgan fingerprint density at radius 1 is 0.780 bits per heavy atom. The SMILES string of the molecule is CC1=C(C)C2(C)N=C1C=C1N=C(/C=C3\N/C(=C\C4=NC2(C)C(C)=C4C)C(C)C3CCC(=O)O)C(CCC(=O)O)C1C. The molecular formula is C33H42N4O4. The molecule has 5 aliphatic heterocycles. The first-order valence-corrected chi connectivity index (χ1v) is 14.7. The molecule has 5 rings (SSSR count). The summed E-state index contributed by atoms with van der Waals surface area (Å²) in [5, 5.41) is 22.6. The van der Waals surface area contributed by atoms with Crippen molar-refractivity contribution in [1.29, 1.82) is 0 Å². The zero-order valence-electron chi connectivity index (χ0n) is 25.4. The van der Waals surface area contributed by atoms with E-state index in [1.54, 1.807) is 0 Å². The number of hydrogen-bond acceptors (Lipinski definition) is 6. The van der Waals surface area contributed by atoms with Crippen LogP contribution in [0.25, 0.3) is 0 Å². The molecule has 218 valence electrons. The number of hydrogen-bond donors (Lipinski definition) is 3. The molecule has 8 nitrogen and oxygen atoms in total. The van der Waals surface area contributed by atoms with Gasteiger partial charge in [-0.15, -0.1) is 0 Å².